The molecule has 0 aliphatic carbocycles. The molecule has 0 aliphatic rings. The molecule has 1 unspecified atom stereocenters. The normalized spacial score (nSPS) is 13.4. The molecule has 1 heteroatoms. The van der Waals surface area contributed by atoms with Gasteiger partial charge in [0, 0.05) is 0 Å². The van der Waals surface area contributed by atoms with Crippen LogP contribution in [0.2, 0.25) is 0 Å². The molecule has 0 saturated carbocycles. The lowest BCUT2D eigenvalue weighted by molar-refractivity contribution is 0.261. The molecule has 0 nitrogen and oxygen atoms in total. The summed E-state index contributed by atoms with van der Waals surface area (Å²) in [7, 11) is 0. The highest BCUT2D eigenvalue weighted by atomic mass is 19.1. The zero-order valence-corrected chi connectivity index (χ0v) is 7.84. The van der Waals surface area contributed by atoms with Crippen LogP contribution in [0.4, 0.5) is 4.39 Å². The number of alkyl halides is 1. The Hall–Kier alpha value is -0.850. The monoisotopic (exact) mass is 166 g/mol. The number of benzene rings is 1. The topological polar surface area (TPSA) is 0 Å². The molecule has 0 aliphatic heterocycles. The highest BCUT2D eigenvalue weighted by Gasteiger charge is 2.15. The van der Waals surface area contributed by atoms with E-state index in [1.807, 2.05) is 45.0 Å². The van der Waals surface area contributed by atoms with Gasteiger partial charge in [0.15, 0.2) is 0 Å². The van der Waals surface area contributed by atoms with Gasteiger partial charge in [-0.1, -0.05) is 38.1 Å². The van der Waals surface area contributed by atoms with E-state index in [9.17, 15) is 4.39 Å². The van der Waals surface area contributed by atoms with Gasteiger partial charge in [-0.2, -0.15) is 0 Å². The van der Waals surface area contributed by atoms with Gasteiger partial charge in [-0.05, 0) is 24.0 Å². The molecule has 0 aromatic heterocycles. The Bertz CT molecular complexity index is 253. The highest BCUT2D eigenvalue weighted by Crippen LogP contribution is 2.27. The summed E-state index contributed by atoms with van der Waals surface area (Å²) in [6.07, 6.45) is -0.828. The summed E-state index contributed by atoms with van der Waals surface area (Å²) in [5.41, 5.74) is 1.87. The van der Waals surface area contributed by atoms with Crippen LogP contribution >= 0.6 is 0 Å². The van der Waals surface area contributed by atoms with Crippen LogP contribution in [-0.4, -0.2) is 0 Å². The molecule has 1 atom stereocenters. The number of halogens is 1. The van der Waals surface area contributed by atoms with Gasteiger partial charge in [0.2, 0.25) is 0 Å². The van der Waals surface area contributed by atoms with Crippen molar-refractivity contribution < 1.29 is 4.39 Å². The maximum atomic E-state index is 13.5. The largest absolute Gasteiger partial charge is 0.242 e. The molecule has 0 amide bonds. The third kappa shape index (κ3) is 1.84. The lowest BCUT2D eigenvalue weighted by atomic mass is 9.97. The minimum Gasteiger partial charge on any atom is -0.242 e. The SMILES string of the molecule is Cc1ccccc1C(F)C(C)C. The van der Waals surface area contributed by atoms with E-state index in [-0.39, 0.29) is 5.92 Å². The summed E-state index contributed by atoms with van der Waals surface area (Å²) >= 11 is 0. The quantitative estimate of drug-likeness (QED) is 0.629. The fourth-order valence-corrected chi connectivity index (χ4v) is 1.26. The fraction of sp³-hybridized carbons (Fsp3) is 0.455. The van der Waals surface area contributed by atoms with Crippen molar-refractivity contribution in [2.45, 2.75) is 26.9 Å². The Labute approximate surface area is 73.4 Å². The van der Waals surface area contributed by atoms with E-state index in [0.717, 1.165) is 11.1 Å². The first-order chi connectivity index (χ1) is 5.63. The van der Waals surface area contributed by atoms with Gasteiger partial charge >= 0.3 is 0 Å². The zero-order valence-electron chi connectivity index (χ0n) is 7.84. The summed E-state index contributed by atoms with van der Waals surface area (Å²) in [4.78, 5) is 0. The van der Waals surface area contributed by atoms with Gasteiger partial charge < -0.3 is 0 Å². The van der Waals surface area contributed by atoms with E-state index in [1.165, 1.54) is 0 Å². The molecule has 66 valence electrons. The smallest absolute Gasteiger partial charge is 0.128 e. The second kappa shape index (κ2) is 3.70. The van der Waals surface area contributed by atoms with Crippen molar-refractivity contribution in [1.82, 2.24) is 0 Å². The molecular weight excluding hydrogens is 151 g/mol. The van der Waals surface area contributed by atoms with Crippen molar-refractivity contribution >= 4 is 0 Å². The first-order valence-corrected chi connectivity index (χ1v) is 4.32. The number of hydrogen-bond donors (Lipinski definition) is 0. The number of rotatable bonds is 2. The average Bonchev–Trinajstić information content (AvgIpc) is 2.04. The van der Waals surface area contributed by atoms with Crippen molar-refractivity contribution in [2.75, 3.05) is 0 Å². The molecule has 1 aromatic rings. The third-order valence-electron chi connectivity index (χ3n) is 2.07. The van der Waals surface area contributed by atoms with Crippen LogP contribution in [0.1, 0.15) is 31.1 Å². The van der Waals surface area contributed by atoms with Crippen molar-refractivity contribution in [3.63, 3.8) is 0 Å². The molecule has 0 fully saturated rings. The fourth-order valence-electron chi connectivity index (χ4n) is 1.26. The Kier molecular flexibility index (Phi) is 2.85. The minimum absolute atomic E-state index is 0.0612. The maximum absolute atomic E-state index is 13.5. The maximum Gasteiger partial charge on any atom is 0.128 e. The van der Waals surface area contributed by atoms with E-state index in [4.69, 9.17) is 0 Å². The van der Waals surface area contributed by atoms with Crippen LogP contribution in [0.3, 0.4) is 0 Å². The molecule has 0 heterocycles. The summed E-state index contributed by atoms with van der Waals surface area (Å²) in [6, 6.07) is 7.63. The molecule has 1 aromatic carbocycles. The first-order valence-electron chi connectivity index (χ1n) is 4.32. The number of hydrogen-bond acceptors (Lipinski definition) is 0. The minimum atomic E-state index is -0.828. The Morgan fingerprint density at radius 1 is 1.17 bits per heavy atom. The Morgan fingerprint density at radius 2 is 1.75 bits per heavy atom. The molecule has 1 rings (SSSR count). The standard InChI is InChI=1S/C11H15F/c1-8(2)11(12)10-7-5-4-6-9(10)3/h4-8,11H,1-3H3. The molecule has 0 N–H and O–H groups in total. The van der Waals surface area contributed by atoms with Gasteiger partial charge in [-0.15, -0.1) is 0 Å². The second-order valence-electron chi connectivity index (χ2n) is 3.50. The Balaban J connectivity index is 2.94. The molecule has 12 heavy (non-hydrogen) atoms. The predicted octanol–water partition coefficient (Wildman–Crippen LogP) is 3.66. The molecule has 0 radical (unpaired) electrons. The van der Waals surface area contributed by atoms with E-state index in [2.05, 4.69) is 0 Å². The summed E-state index contributed by atoms with van der Waals surface area (Å²) in [5.74, 6) is 0.0612. The van der Waals surface area contributed by atoms with Gasteiger partial charge in [0.25, 0.3) is 0 Å². The van der Waals surface area contributed by atoms with E-state index in [1.54, 1.807) is 0 Å². The van der Waals surface area contributed by atoms with Crippen molar-refractivity contribution in [1.29, 1.82) is 0 Å². The van der Waals surface area contributed by atoms with Crippen molar-refractivity contribution in [2.24, 2.45) is 5.92 Å². The van der Waals surface area contributed by atoms with Crippen LogP contribution in [0.15, 0.2) is 24.3 Å². The van der Waals surface area contributed by atoms with Crippen LogP contribution in [0.5, 0.6) is 0 Å². The van der Waals surface area contributed by atoms with Crippen LogP contribution in [0.25, 0.3) is 0 Å². The first kappa shape index (κ1) is 9.24. The summed E-state index contributed by atoms with van der Waals surface area (Å²) < 4.78 is 13.5. The Morgan fingerprint density at radius 3 is 2.25 bits per heavy atom. The zero-order chi connectivity index (χ0) is 9.14. The average molecular weight is 166 g/mol. The summed E-state index contributed by atoms with van der Waals surface area (Å²) in [5, 5.41) is 0. The predicted molar refractivity (Wildman–Crippen MR) is 49.9 cm³/mol. The van der Waals surface area contributed by atoms with E-state index >= 15 is 0 Å². The van der Waals surface area contributed by atoms with Crippen molar-refractivity contribution in [3.05, 3.63) is 35.4 Å². The van der Waals surface area contributed by atoms with E-state index < -0.39 is 6.17 Å². The van der Waals surface area contributed by atoms with Gasteiger partial charge in [-0.3, -0.25) is 0 Å². The third-order valence-corrected chi connectivity index (χ3v) is 2.07. The lowest BCUT2D eigenvalue weighted by Gasteiger charge is -2.14. The number of aryl methyl sites for hydroxylation is 1. The molecular formula is C11H15F. The lowest BCUT2D eigenvalue weighted by Crippen LogP contribution is -2.01. The van der Waals surface area contributed by atoms with Gasteiger partial charge in [0.05, 0.1) is 0 Å². The summed E-state index contributed by atoms with van der Waals surface area (Å²) in [6.45, 7) is 5.75. The van der Waals surface area contributed by atoms with E-state index in [0.29, 0.717) is 0 Å². The molecule has 0 saturated heterocycles. The molecule has 0 bridgehead atoms. The second-order valence-corrected chi connectivity index (χ2v) is 3.50. The van der Waals surface area contributed by atoms with Crippen LogP contribution < -0.4 is 0 Å². The van der Waals surface area contributed by atoms with Gasteiger partial charge in [-0.25, -0.2) is 4.39 Å². The van der Waals surface area contributed by atoms with Crippen molar-refractivity contribution in [3.8, 4) is 0 Å². The van der Waals surface area contributed by atoms with Crippen LogP contribution in [0, 0.1) is 12.8 Å². The molecule has 0 spiro atoms. The van der Waals surface area contributed by atoms with Crippen LogP contribution in [-0.2, 0) is 0 Å². The highest BCUT2D eigenvalue weighted by molar-refractivity contribution is 5.27. The van der Waals surface area contributed by atoms with Gasteiger partial charge in [0.1, 0.15) is 6.17 Å².